The molecule has 0 radical (unpaired) electrons. The molecule has 10 nitrogen and oxygen atoms in total. The fraction of sp³-hybridized carbons (Fsp3) is 0.357. The van der Waals surface area contributed by atoms with E-state index in [0.717, 1.165) is 11.1 Å². The molecule has 1 aliphatic rings. The van der Waals surface area contributed by atoms with Crippen LogP contribution in [-0.4, -0.2) is 51.8 Å². The molecular formula is C28H32N6O4S. The molecule has 2 aromatic carbocycles. The van der Waals surface area contributed by atoms with Crippen LogP contribution in [0.3, 0.4) is 0 Å². The molecule has 2 heterocycles. The average molecular weight is 549 g/mol. The van der Waals surface area contributed by atoms with Crippen molar-refractivity contribution in [2.24, 2.45) is 5.92 Å². The minimum absolute atomic E-state index is 0.147. The summed E-state index contributed by atoms with van der Waals surface area (Å²) in [7, 11) is 0. The fourth-order valence-corrected chi connectivity index (χ4v) is 4.98. The van der Waals surface area contributed by atoms with Gasteiger partial charge in [-0.15, -0.1) is 5.10 Å². The van der Waals surface area contributed by atoms with Gasteiger partial charge in [-0.1, -0.05) is 73.3 Å². The van der Waals surface area contributed by atoms with Crippen molar-refractivity contribution in [2.75, 3.05) is 11.4 Å². The van der Waals surface area contributed by atoms with Crippen LogP contribution in [0, 0.1) is 5.92 Å². The summed E-state index contributed by atoms with van der Waals surface area (Å²) < 4.78 is 3.79. The number of benzene rings is 2. The number of carbonyl (C=O) groups is 4. The van der Waals surface area contributed by atoms with E-state index in [9.17, 15) is 19.2 Å². The second kappa shape index (κ2) is 13.1. The zero-order valence-electron chi connectivity index (χ0n) is 21.9. The fourth-order valence-electron chi connectivity index (χ4n) is 4.53. The number of aromatic nitrogens is 2. The monoisotopic (exact) mass is 548 g/mol. The normalized spacial score (nSPS) is 15.6. The summed E-state index contributed by atoms with van der Waals surface area (Å²) in [5.74, 6) is -1.59. The van der Waals surface area contributed by atoms with Gasteiger partial charge in [-0.3, -0.25) is 24.1 Å². The van der Waals surface area contributed by atoms with Gasteiger partial charge in [0.2, 0.25) is 23.6 Å². The Hall–Kier alpha value is -4.12. The van der Waals surface area contributed by atoms with E-state index in [2.05, 4.69) is 25.5 Å². The first-order valence-corrected chi connectivity index (χ1v) is 13.8. The number of hydrogen-bond acceptors (Lipinski definition) is 7. The van der Waals surface area contributed by atoms with E-state index in [1.165, 1.54) is 16.4 Å². The second-order valence-electron chi connectivity index (χ2n) is 9.54. The largest absolute Gasteiger partial charge is 0.349 e. The van der Waals surface area contributed by atoms with Crippen LogP contribution < -0.4 is 20.9 Å². The smallest absolute Gasteiger partial charge is 0.247 e. The maximum absolute atomic E-state index is 13.4. The van der Waals surface area contributed by atoms with E-state index in [0.29, 0.717) is 24.2 Å². The van der Waals surface area contributed by atoms with Crippen LogP contribution in [0.1, 0.15) is 37.1 Å². The number of hydrogen-bond donors (Lipinski definition) is 3. The van der Waals surface area contributed by atoms with Gasteiger partial charge in [-0.2, -0.15) is 0 Å². The first-order chi connectivity index (χ1) is 18.9. The molecule has 0 aliphatic carbocycles. The number of carbonyl (C=O) groups excluding carboxylic acids is 4. The summed E-state index contributed by atoms with van der Waals surface area (Å²) in [5.41, 5.74) is 3.00. The van der Waals surface area contributed by atoms with Crippen LogP contribution in [0.5, 0.6) is 0 Å². The van der Waals surface area contributed by atoms with E-state index >= 15 is 0 Å². The molecule has 39 heavy (non-hydrogen) atoms. The lowest BCUT2D eigenvalue weighted by Crippen LogP contribution is -2.54. The van der Waals surface area contributed by atoms with Crippen molar-refractivity contribution in [3.63, 3.8) is 0 Å². The number of anilines is 1. The van der Waals surface area contributed by atoms with Gasteiger partial charge in [0.05, 0.1) is 25.2 Å². The lowest BCUT2D eigenvalue weighted by molar-refractivity contribution is -0.131. The highest BCUT2D eigenvalue weighted by Crippen LogP contribution is 2.32. The van der Waals surface area contributed by atoms with Crippen LogP contribution in [0.2, 0.25) is 0 Å². The van der Waals surface area contributed by atoms with Crippen LogP contribution in [0.4, 0.5) is 5.69 Å². The highest BCUT2D eigenvalue weighted by molar-refractivity contribution is 7.03. The maximum atomic E-state index is 13.4. The molecule has 4 rings (SSSR count). The predicted molar refractivity (Wildman–Crippen MR) is 148 cm³/mol. The van der Waals surface area contributed by atoms with E-state index < -0.39 is 23.9 Å². The van der Waals surface area contributed by atoms with Crippen molar-refractivity contribution < 1.29 is 19.2 Å². The Morgan fingerprint density at radius 3 is 2.51 bits per heavy atom. The van der Waals surface area contributed by atoms with Crippen molar-refractivity contribution in [3.05, 3.63) is 76.8 Å². The Bertz CT molecular complexity index is 1300. The lowest BCUT2D eigenvalue weighted by atomic mass is 9.98. The van der Waals surface area contributed by atoms with Crippen LogP contribution >= 0.6 is 11.5 Å². The molecule has 0 bridgehead atoms. The average Bonchev–Trinajstić information content (AvgIpc) is 3.61. The highest BCUT2D eigenvalue weighted by Gasteiger charge is 2.38. The van der Waals surface area contributed by atoms with Crippen molar-refractivity contribution in [1.82, 2.24) is 25.5 Å². The summed E-state index contributed by atoms with van der Waals surface area (Å²) in [6.07, 6.45) is 1.17. The van der Waals surface area contributed by atoms with Gasteiger partial charge in [0.1, 0.15) is 12.1 Å². The minimum Gasteiger partial charge on any atom is -0.349 e. The van der Waals surface area contributed by atoms with Gasteiger partial charge in [0, 0.05) is 17.5 Å². The molecule has 11 heteroatoms. The van der Waals surface area contributed by atoms with Gasteiger partial charge < -0.3 is 16.0 Å². The summed E-state index contributed by atoms with van der Waals surface area (Å²) in [4.78, 5) is 53.8. The van der Waals surface area contributed by atoms with Gasteiger partial charge in [0.25, 0.3) is 0 Å². The SMILES string of the molecule is CCC(C)C(NC(=O)Cc1ccccc1)C(=O)NCC(=O)N1c2ccccc2C[C@H]1C(=O)NCc1csnn1. The number of nitrogens with zero attached hydrogens (tertiary/aromatic N) is 3. The quantitative estimate of drug-likeness (QED) is 0.336. The third-order valence-corrected chi connectivity index (χ3v) is 7.38. The van der Waals surface area contributed by atoms with Crippen molar-refractivity contribution in [2.45, 2.75) is 51.7 Å². The number of amides is 4. The predicted octanol–water partition coefficient (Wildman–Crippen LogP) is 2.00. The molecule has 0 saturated heterocycles. The van der Waals surface area contributed by atoms with E-state index in [1.54, 1.807) is 17.5 Å². The third kappa shape index (κ3) is 7.05. The van der Waals surface area contributed by atoms with Gasteiger partial charge in [-0.05, 0) is 34.6 Å². The molecule has 0 spiro atoms. The van der Waals surface area contributed by atoms with Gasteiger partial charge >= 0.3 is 0 Å². The highest BCUT2D eigenvalue weighted by atomic mass is 32.1. The van der Waals surface area contributed by atoms with Crippen molar-refractivity contribution in [1.29, 1.82) is 0 Å². The molecule has 2 unspecified atom stereocenters. The lowest BCUT2D eigenvalue weighted by Gasteiger charge is -2.27. The standard InChI is InChI=1S/C28H32N6O4S/c1-3-18(2)26(31-24(35)13-19-9-5-4-6-10-19)28(38)30-16-25(36)34-22-12-8-7-11-20(22)14-23(34)27(37)29-15-21-17-39-33-32-21/h4-12,17-18,23,26H,3,13-16H2,1-2H3,(H,29,37)(H,30,38)(H,31,35)/t18?,23-,26?/m0/s1. The Morgan fingerprint density at radius 2 is 1.79 bits per heavy atom. The zero-order chi connectivity index (χ0) is 27.8. The first-order valence-electron chi connectivity index (χ1n) is 12.9. The minimum atomic E-state index is -0.796. The molecule has 1 aliphatic heterocycles. The molecule has 3 N–H and O–H groups in total. The number of nitrogens with one attached hydrogen (secondary N) is 3. The molecule has 0 saturated carbocycles. The van der Waals surface area contributed by atoms with Crippen LogP contribution in [-0.2, 0) is 38.6 Å². The topological polar surface area (TPSA) is 133 Å². The Kier molecular flexibility index (Phi) is 9.37. The Morgan fingerprint density at radius 1 is 1.05 bits per heavy atom. The number of fused-ring (bicyclic) bond motifs is 1. The zero-order valence-corrected chi connectivity index (χ0v) is 22.7. The first kappa shape index (κ1) is 27.9. The summed E-state index contributed by atoms with van der Waals surface area (Å²) in [6, 6.07) is 15.1. The molecule has 3 aromatic rings. The van der Waals surface area contributed by atoms with Crippen LogP contribution in [0.25, 0.3) is 0 Å². The van der Waals surface area contributed by atoms with Gasteiger partial charge in [0.15, 0.2) is 0 Å². The molecule has 3 atom stereocenters. The van der Waals surface area contributed by atoms with Crippen molar-refractivity contribution in [3.8, 4) is 0 Å². The summed E-state index contributed by atoms with van der Waals surface area (Å²) in [5, 5.41) is 14.0. The number of para-hydroxylation sites is 1. The Balaban J connectivity index is 1.41. The van der Waals surface area contributed by atoms with E-state index in [4.69, 9.17) is 0 Å². The van der Waals surface area contributed by atoms with E-state index in [-0.39, 0.29) is 37.2 Å². The maximum Gasteiger partial charge on any atom is 0.247 e. The molecule has 204 valence electrons. The summed E-state index contributed by atoms with van der Waals surface area (Å²) >= 11 is 1.19. The van der Waals surface area contributed by atoms with Gasteiger partial charge in [-0.25, -0.2) is 0 Å². The summed E-state index contributed by atoms with van der Waals surface area (Å²) in [6.45, 7) is 3.71. The molecule has 4 amide bonds. The van der Waals surface area contributed by atoms with Crippen molar-refractivity contribution >= 4 is 40.8 Å². The molecule has 0 fully saturated rings. The third-order valence-electron chi connectivity index (χ3n) is 6.83. The molecular weight excluding hydrogens is 516 g/mol. The van der Waals surface area contributed by atoms with Crippen LogP contribution in [0.15, 0.2) is 60.0 Å². The number of rotatable bonds is 11. The second-order valence-corrected chi connectivity index (χ2v) is 10.1. The Labute approximate surface area is 231 Å². The van der Waals surface area contributed by atoms with E-state index in [1.807, 2.05) is 56.3 Å². The molecule has 1 aromatic heterocycles.